The van der Waals surface area contributed by atoms with Crippen LogP contribution >= 0.6 is 0 Å². The lowest BCUT2D eigenvalue weighted by atomic mass is 9.78. The van der Waals surface area contributed by atoms with Gasteiger partial charge in [-0.05, 0) is 115 Å². The van der Waals surface area contributed by atoms with Crippen molar-refractivity contribution in [1.29, 1.82) is 0 Å². The third kappa shape index (κ3) is 6.94. The Kier molecular flexibility index (Phi) is 7.65. The van der Waals surface area contributed by atoms with E-state index in [9.17, 15) is 0 Å². The van der Waals surface area contributed by atoms with Crippen LogP contribution in [0.15, 0.2) is 176 Å². The van der Waals surface area contributed by atoms with E-state index in [2.05, 4.69) is 114 Å². The molecule has 8 aromatic carbocycles. The van der Waals surface area contributed by atoms with E-state index in [0.717, 1.165) is 82.3 Å². The maximum absolute atomic E-state index is 8.81. The highest BCUT2D eigenvalue weighted by Crippen LogP contribution is 2.55. The van der Waals surface area contributed by atoms with Crippen molar-refractivity contribution in [2.75, 3.05) is 4.90 Å². The van der Waals surface area contributed by atoms with Crippen LogP contribution in [0, 0.1) is 0 Å². The zero-order valence-electron chi connectivity index (χ0n) is 50.1. The van der Waals surface area contributed by atoms with Gasteiger partial charge in [-0.25, -0.2) is 4.98 Å². The van der Waals surface area contributed by atoms with Gasteiger partial charge in [-0.2, -0.15) is 0 Å². The molecule has 0 aliphatic carbocycles. The molecule has 354 valence electrons. The van der Waals surface area contributed by atoms with Crippen molar-refractivity contribution in [2.45, 2.75) is 85.0 Å². The van der Waals surface area contributed by atoms with Crippen LogP contribution in [0.2, 0.25) is 0 Å². The van der Waals surface area contributed by atoms with E-state index in [-0.39, 0.29) is 17.6 Å². The second-order valence-electron chi connectivity index (χ2n) is 21.4. The minimum atomic E-state index is -3.47. The molecule has 6 heteroatoms. The lowest BCUT2D eigenvalue weighted by Gasteiger charge is -2.29. The summed E-state index contributed by atoms with van der Waals surface area (Å²) in [5, 5.41) is 7.89. The Hall–Kier alpha value is -8.09. The van der Waals surface area contributed by atoms with E-state index in [1.165, 1.54) is 17.7 Å². The third-order valence-corrected chi connectivity index (χ3v) is 14.7. The van der Waals surface area contributed by atoms with Crippen LogP contribution in [0.1, 0.15) is 91.1 Å². The Morgan fingerprint density at radius 3 is 1.79 bits per heavy atom. The molecule has 13 rings (SSSR count). The van der Waals surface area contributed by atoms with E-state index in [1.807, 2.05) is 106 Å². The predicted molar refractivity (Wildman–Crippen MR) is 301 cm³/mol. The van der Waals surface area contributed by atoms with Gasteiger partial charge < -0.3 is 18.9 Å². The Morgan fingerprint density at radius 2 is 1.08 bits per heavy atom. The molecule has 5 heterocycles. The van der Waals surface area contributed by atoms with Gasteiger partial charge in [0.1, 0.15) is 29.7 Å². The van der Waals surface area contributed by atoms with Gasteiger partial charge in [0, 0.05) is 57.8 Å². The van der Waals surface area contributed by atoms with Crippen LogP contribution in [-0.4, -0.2) is 14.1 Å². The summed E-state index contributed by atoms with van der Waals surface area (Å²) in [5.41, 5.74) is 3.75. The number of anilines is 2. The smallest absolute Gasteiger partial charge is 0.153 e. The first-order valence-electron chi connectivity index (χ1n) is 29.0. The first-order valence-corrected chi connectivity index (χ1v) is 24.5. The zero-order valence-corrected chi connectivity index (χ0v) is 41.1. The fourth-order valence-corrected chi connectivity index (χ4v) is 11.1. The van der Waals surface area contributed by atoms with Crippen molar-refractivity contribution < 1.29 is 21.8 Å². The lowest BCUT2D eigenvalue weighted by Crippen LogP contribution is -2.18. The average molecular weight is 948 g/mol. The van der Waals surface area contributed by atoms with Crippen LogP contribution < -0.4 is 14.4 Å². The summed E-state index contributed by atoms with van der Waals surface area (Å²) in [5.74, 6) is 3.30. The lowest BCUT2D eigenvalue weighted by molar-refractivity contribution is 0.463. The fourth-order valence-electron chi connectivity index (χ4n) is 11.1. The topological polar surface area (TPSA) is 44.5 Å². The van der Waals surface area contributed by atoms with Crippen LogP contribution in [0.25, 0.3) is 82.1 Å². The maximum Gasteiger partial charge on any atom is 0.153 e. The monoisotopic (exact) mass is 948 g/mol. The molecule has 2 aliphatic heterocycles. The van der Waals surface area contributed by atoms with Gasteiger partial charge in [0.2, 0.25) is 0 Å². The normalized spacial score (nSPS) is 15.8. The Morgan fingerprint density at radius 1 is 0.500 bits per heavy atom. The number of fused-ring (bicyclic) bond motifs is 12. The van der Waals surface area contributed by atoms with Crippen molar-refractivity contribution in [3.63, 3.8) is 0 Å². The van der Waals surface area contributed by atoms with Crippen molar-refractivity contribution in [3.05, 3.63) is 193 Å². The SMILES string of the molecule is [2H]C([2H])([2H])C(c1cc(-c2cccc3c4ccccc4c4ccccc4c4ccc5c6c4n(c23)CN6c2cc(Oc3ccc4c6ccccc6n(-c6cc(C(C)(C)C)ccn6)c4c3)ccc2O5)cc(C(C)(C)C)c1)(C([2H])([2H])[2H])C([2H])([2H])[2H]. The fraction of sp³-hybridized carbons (Fsp3) is 0.197. The molecule has 0 saturated carbocycles. The second-order valence-corrected chi connectivity index (χ2v) is 21.4. The molecule has 0 N–H and O–H groups in total. The van der Waals surface area contributed by atoms with Gasteiger partial charge in [0.15, 0.2) is 11.5 Å². The molecule has 0 amide bonds. The molecule has 72 heavy (non-hydrogen) atoms. The van der Waals surface area contributed by atoms with Crippen molar-refractivity contribution in [2.24, 2.45) is 0 Å². The van der Waals surface area contributed by atoms with Gasteiger partial charge in [-0.1, -0.05) is 165 Å². The second kappa shape index (κ2) is 15.7. The van der Waals surface area contributed by atoms with Crippen molar-refractivity contribution in [1.82, 2.24) is 14.1 Å². The summed E-state index contributed by atoms with van der Waals surface area (Å²) < 4.78 is 97.5. The number of pyridine rings is 1. The molecule has 0 atom stereocenters. The summed E-state index contributed by atoms with van der Waals surface area (Å²) in [6, 6.07) is 56.2. The highest BCUT2D eigenvalue weighted by molar-refractivity contribution is 6.22. The minimum Gasteiger partial charge on any atom is -0.457 e. The zero-order chi connectivity index (χ0) is 56.9. The van der Waals surface area contributed by atoms with Gasteiger partial charge in [-0.15, -0.1) is 0 Å². The largest absolute Gasteiger partial charge is 0.457 e. The van der Waals surface area contributed by atoms with E-state index < -0.39 is 31.4 Å². The van der Waals surface area contributed by atoms with Crippen LogP contribution in [0.5, 0.6) is 23.0 Å². The first kappa shape index (κ1) is 35.1. The van der Waals surface area contributed by atoms with Crippen LogP contribution in [0.4, 0.5) is 11.4 Å². The van der Waals surface area contributed by atoms with Gasteiger partial charge in [0.25, 0.3) is 0 Å². The molecular formula is C66H58N4O2. The number of ether oxygens (including phenoxy) is 2. The quantitative estimate of drug-likeness (QED) is 0.176. The number of hydrogen-bond donors (Lipinski definition) is 0. The molecule has 0 saturated heterocycles. The molecule has 0 radical (unpaired) electrons. The predicted octanol–water partition coefficient (Wildman–Crippen LogP) is 18.3. The number of benzene rings is 8. The first-order chi connectivity index (χ1) is 38.3. The van der Waals surface area contributed by atoms with Gasteiger partial charge in [0.05, 0.1) is 27.8 Å². The number of aromatic nitrogens is 3. The third-order valence-electron chi connectivity index (χ3n) is 14.7. The van der Waals surface area contributed by atoms with E-state index >= 15 is 0 Å². The van der Waals surface area contributed by atoms with Crippen molar-refractivity contribution in [3.8, 4) is 39.9 Å². The van der Waals surface area contributed by atoms with Gasteiger partial charge in [-0.3, -0.25) is 4.57 Å². The van der Waals surface area contributed by atoms with E-state index in [4.69, 9.17) is 26.8 Å². The molecule has 6 nitrogen and oxygen atoms in total. The highest BCUT2D eigenvalue weighted by Gasteiger charge is 2.34. The number of nitrogens with zero attached hydrogens (tertiary/aromatic N) is 4. The summed E-state index contributed by atoms with van der Waals surface area (Å²) in [6.45, 7) is 2.29. The van der Waals surface area contributed by atoms with E-state index in [1.54, 1.807) is 0 Å². The average Bonchev–Trinajstić information content (AvgIpc) is 4.21. The molecule has 0 unspecified atom stereocenters. The number of rotatable bonds is 4. The molecule has 0 bridgehead atoms. The van der Waals surface area contributed by atoms with Crippen LogP contribution in [-0.2, 0) is 22.9 Å². The molecular weight excluding hydrogens is 881 g/mol. The minimum absolute atomic E-state index is 0.0856. The molecule has 0 spiro atoms. The molecule has 0 fully saturated rings. The van der Waals surface area contributed by atoms with E-state index in [0.29, 0.717) is 39.7 Å². The summed E-state index contributed by atoms with van der Waals surface area (Å²) in [7, 11) is 0. The summed E-state index contributed by atoms with van der Waals surface area (Å²) in [4.78, 5) is 7.13. The maximum atomic E-state index is 8.81. The highest BCUT2D eigenvalue weighted by atomic mass is 16.5. The number of para-hydroxylation sites is 2. The molecule has 11 aromatic rings. The number of hydrogen-bond acceptors (Lipinski definition) is 4. The Balaban J connectivity index is 1.05. The Labute approximate surface area is 433 Å². The Bertz CT molecular complexity index is 4480. The summed E-state index contributed by atoms with van der Waals surface area (Å²) >= 11 is 0. The molecule has 2 aliphatic rings. The van der Waals surface area contributed by atoms with Gasteiger partial charge >= 0.3 is 0 Å². The van der Waals surface area contributed by atoms with Crippen molar-refractivity contribution >= 4 is 76.5 Å². The van der Waals surface area contributed by atoms with Crippen LogP contribution in [0.3, 0.4) is 0 Å². The summed E-state index contributed by atoms with van der Waals surface area (Å²) in [6.07, 6.45) is 1.87. The molecule has 3 aromatic heterocycles. The standard InChI is InChI=1S/C66H58N4O2/c1-64(2,3)41-31-32-67-60(36-41)70-55-24-15-14-21-51(55)52-27-25-44(37-56(52)70)71-45-26-29-58-57(38-45)68-39-69-61-46(40-33-42(65(4,5)6)35-43(34-40)66(7,8)9)22-16-23-53(61)49-19-12-10-17-47(49)48-18-11-13-20-50(48)54-28-30-59(72-58)63(68)62(54)69/h10-38H,39H2,1-9H3/i4D3,5D3,6D3.